The van der Waals surface area contributed by atoms with E-state index in [-0.39, 0.29) is 18.7 Å². The average molecular weight is 375 g/mol. The van der Waals surface area contributed by atoms with Gasteiger partial charge in [-0.3, -0.25) is 10.0 Å². The molecule has 1 aromatic rings. The molecule has 1 aliphatic rings. The van der Waals surface area contributed by atoms with Gasteiger partial charge in [0.2, 0.25) is 16.4 Å². The fraction of sp³-hybridized carbons (Fsp3) is 0.562. The van der Waals surface area contributed by atoms with Crippen LogP contribution in [0.3, 0.4) is 0 Å². The molecule has 1 amide bonds. The van der Waals surface area contributed by atoms with E-state index in [1.54, 1.807) is 32.9 Å². The maximum atomic E-state index is 12.8. The molecule has 0 aliphatic carbocycles. The molecule has 0 radical (unpaired) electrons. The molecule has 1 atom stereocenters. The van der Waals surface area contributed by atoms with Crippen LogP contribution < -0.4 is 0 Å². The third-order valence-corrected chi connectivity index (χ3v) is 6.40. The Labute approximate surface area is 148 Å². The first-order chi connectivity index (χ1) is 11.0. The summed E-state index contributed by atoms with van der Waals surface area (Å²) >= 11 is 6.00. The second kappa shape index (κ2) is 7.00. The van der Waals surface area contributed by atoms with Crippen LogP contribution in [0.15, 0.2) is 18.2 Å². The van der Waals surface area contributed by atoms with Crippen molar-refractivity contribution in [3.05, 3.63) is 34.3 Å². The minimum Gasteiger partial charge on any atom is -0.286 e. The number of hydrogen-bond acceptors (Lipinski definition) is 4. The Kier molecular flexibility index (Phi) is 5.59. The highest BCUT2D eigenvalue weighted by Gasteiger charge is 2.37. The number of carbonyl (C=O) groups is 1. The molecule has 0 saturated heterocycles. The van der Waals surface area contributed by atoms with Gasteiger partial charge in [0.05, 0.1) is 11.8 Å². The van der Waals surface area contributed by atoms with Gasteiger partial charge in [-0.2, -0.15) is 4.31 Å². The summed E-state index contributed by atoms with van der Waals surface area (Å²) in [7, 11) is -3.65. The van der Waals surface area contributed by atoms with E-state index < -0.39 is 21.5 Å². The molecule has 2 rings (SSSR count). The summed E-state index contributed by atoms with van der Waals surface area (Å²) in [6.45, 7) is 5.98. The van der Waals surface area contributed by atoms with Crippen LogP contribution >= 0.6 is 11.6 Å². The summed E-state index contributed by atoms with van der Waals surface area (Å²) in [6, 6.07) is 4.67. The van der Waals surface area contributed by atoms with Gasteiger partial charge in [-0.25, -0.2) is 13.5 Å². The number of hydrogen-bond donors (Lipinski definition) is 1. The van der Waals surface area contributed by atoms with Crippen molar-refractivity contribution in [2.75, 3.05) is 12.3 Å². The Morgan fingerprint density at radius 2 is 2.04 bits per heavy atom. The summed E-state index contributed by atoms with van der Waals surface area (Å²) < 4.78 is 27.0. The number of halogens is 1. The van der Waals surface area contributed by atoms with E-state index in [1.807, 2.05) is 6.07 Å². The molecule has 6 nitrogen and oxygen atoms in total. The Morgan fingerprint density at radius 1 is 1.38 bits per heavy atom. The van der Waals surface area contributed by atoms with E-state index in [0.29, 0.717) is 23.1 Å². The smallest absolute Gasteiger partial charge is 0.233 e. The van der Waals surface area contributed by atoms with E-state index in [4.69, 9.17) is 11.6 Å². The summed E-state index contributed by atoms with van der Waals surface area (Å²) in [4.78, 5) is 10.9. The molecule has 0 saturated carbocycles. The molecule has 0 bridgehead atoms. The number of fused-ring (bicyclic) bond motifs is 1. The molecule has 1 aliphatic heterocycles. The van der Waals surface area contributed by atoms with E-state index in [2.05, 4.69) is 0 Å². The molecule has 1 N–H and O–H groups in total. The lowest BCUT2D eigenvalue weighted by atomic mass is 9.88. The SMILES string of the molecule is CC(C)(C)C(CS(=O)(=O)N1CCc2ccc(Cl)cc2C1)N(O)C=O. The second-order valence-electron chi connectivity index (χ2n) is 7.14. The predicted octanol–water partition coefficient (Wildman–Crippen LogP) is 2.29. The molecule has 24 heavy (non-hydrogen) atoms. The minimum absolute atomic E-state index is 0.247. The first-order valence-electron chi connectivity index (χ1n) is 7.72. The highest BCUT2D eigenvalue weighted by molar-refractivity contribution is 7.89. The number of carbonyl (C=O) groups excluding carboxylic acids is 1. The average Bonchev–Trinajstić information content (AvgIpc) is 2.50. The monoisotopic (exact) mass is 374 g/mol. The van der Waals surface area contributed by atoms with E-state index in [1.165, 1.54) is 4.31 Å². The number of rotatable bonds is 5. The second-order valence-corrected chi connectivity index (χ2v) is 9.59. The van der Waals surface area contributed by atoms with Crippen LogP contribution in [-0.2, 0) is 27.8 Å². The van der Waals surface area contributed by atoms with Gasteiger partial charge in [-0.15, -0.1) is 0 Å². The fourth-order valence-electron chi connectivity index (χ4n) is 2.84. The van der Waals surface area contributed by atoms with Gasteiger partial charge in [0.25, 0.3) is 0 Å². The zero-order valence-electron chi connectivity index (χ0n) is 14.1. The van der Waals surface area contributed by atoms with Gasteiger partial charge < -0.3 is 0 Å². The molecular formula is C16H23ClN2O4S. The maximum absolute atomic E-state index is 12.8. The van der Waals surface area contributed by atoms with Gasteiger partial charge in [-0.1, -0.05) is 38.4 Å². The molecule has 134 valence electrons. The Balaban J connectivity index is 2.23. The predicted molar refractivity (Wildman–Crippen MR) is 92.3 cm³/mol. The fourth-order valence-corrected chi connectivity index (χ4v) is 5.00. The third kappa shape index (κ3) is 4.27. The Morgan fingerprint density at radius 3 is 2.62 bits per heavy atom. The van der Waals surface area contributed by atoms with Crippen molar-refractivity contribution in [2.24, 2.45) is 5.41 Å². The first-order valence-corrected chi connectivity index (χ1v) is 9.71. The number of sulfonamides is 1. The van der Waals surface area contributed by atoms with Crippen molar-refractivity contribution in [1.29, 1.82) is 0 Å². The minimum atomic E-state index is -3.65. The summed E-state index contributed by atoms with van der Waals surface area (Å²) in [5, 5.41) is 10.8. The highest BCUT2D eigenvalue weighted by Crippen LogP contribution is 2.28. The lowest BCUT2D eigenvalue weighted by molar-refractivity contribution is -0.167. The molecule has 1 heterocycles. The standard InChI is InChI=1S/C16H23ClN2O4S/c1-16(2,3)15(19(21)11-20)10-24(22,23)18-7-6-12-4-5-14(17)8-13(12)9-18/h4-5,8,11,15,21H,6-7,9-10H2,1-3H3. The maximum Gasteiger partial charge on any atom is 0.233 e. The number of hydroxylamine groups is 2. The van der Waals surface area contributed by atoms with Crippen molar-refractivity contribution in [1.82, 2.24) is 9.37 Å². The number of amides is 1. The quantitative estimate of drug-likeness (QED) is 0.487. The zero-order valence-corrected chi connectivity index (χ0v) is 15.6. The number of nitrogens with zero attached hydrogens (tertiary/aromatic N) is 2. The van der Waals surface area contributed by atoms with Gasteiger partial charge in [0.1, 0.15) is 0 Å². The summed E-state index contributed by atoms with van der Waals surface area (Å²) in [5.41, 5.74) is 1.40. The molecule has 1 aromatic carbocycles. The Bertz CT molecular complexity index is 715. The third-order valence-electron chi connectivity index (χ3n) is 4.33. The molecule has 0 spiro atoms. The normalized spacial score (nSPS) is 17.2. The molecule has 0 fully saturated rings. The van der Waals surface area contributed by atoms with Crippen molar-refractivity contribution in [3.8, 4) is 0 Å². The van der Waals surface area contributed by atoms with Crippen LogP contribution in [0.1, 0.15) is 31.9 Å². The lowest BCUT2D eigenvalue weighted by Gasteiger charge is -2.36. The van der Waals surface area contributed by atoms with Crippen molar-refractivity contribution in [3.63, 3.8) is 0 Å². The topological polar surface area (TPSA) is 77.9 Å². The van der Waals surface area contributed by atoms with Crippen LogP contribution in [0.5, 0.6) is 0 Å². The molecule has 0 aromatic heterocycles. The largest absolute Gasteiger partial charge is 0.286 e. The molecule has 1 unspecified atom stereocenters. The van der Waals surface area contributed by atoms with Gasteiger partial charge in [0, 0.05) is 18.1 Å². The van der Waals surface area contributed by atoms with Crippen LogP contribution in [0.2, 0.25) is 5.02 Å². The van der Waals surface area contributed by atoms with Crippen LogP contribution in [-0.4, -0.2) is 47.7 Å². The highest BCUT2D eigenvalue weighted by atomic mass is 35.5. The number of benzene rings is 1. The zero-order chi connectivity index (χ0) is 18.1. The van der Waals surface area contributed by atoms with Crippen molar-refractivity contribution >= 4 is 28.0 Å². The van der Waals surface area contributed by atoms with Crippen LogP contribution in [0, 0.1) is 5.41 Å². The van der Waals surface area contributed by atoms with Crippen molar-refractivity contribution < 1.29 is 18.4 Å². The lowest BCUT2D eigenvalue weighted by Crippen LogP contribution is -2.49. The van der Waals surface area contributed by atoms with Gasteiger partial charge >= 0.3 is 0 Å². The van der Waals surface area contributed by atoms with Gasteiger partial charge in [-0.05, 0) is 35.1 Å². The van der Waals surface area contributed by atoms with E-state index in [0.717, 1.165) is 11.1 Å². The summed E-state index contributed by atoms with van der Waals surface area (Å²) in [5.74, 6) is -0.332. The molecule has 8 heteroatoms. The summed E-state index contributed by atoms with van der Waals surface area (Å²) in [6.07, 6.45) is 0.860. The molecular weight excluding hydrogens is 352 g/mol. The first kappa shape index (κ1) is 19.2. The van der Waals surface area contributed by atoms with Crippen LogP contribution in [0.25, 0.3) is 0 Å². The van der Waals surface area contributed by atoms with E-state index >= 15 is 0 Å². The van der Waals surface area contributed by atoms with Crippen molar-refractivity contribution in [2.45, 2.75) is 39.8 Å². The Hall–Kier alpha value is -1.15. The van der Waals surface area contributed by atoms with Crippen LogP contribution in [0.4, 0.5) is 0 Å². The van der Waals surface area contributed by atoms with E-state index in [9.17, 15) is 18.4 Å². The van der Waals surface area contributed by atoms with Gasteiger partial charge in [0.15, 0.2) is 0 Å².